The zero-order valence-electron chi connectivity index (χ0n) is 6.23. The summed E-state index contributed by atoms with van der Waals surface area (Å²) >= 11 is 0. The Morgan fingerprint density at radius 2 is 1.92 bits per heavy atom. The Bertz CT molecular complexity index is 481. The van der Waals surface area contributed by atoms with E-state index >= 15 is 0 Å². The predicted molar refractivity (Wildman–Crippen MR) is 44.2 cm³/mol. The van der Waals surface area contributed by atoms with Gasteiger partial charge in [-0.3, -0.25) is 0 Å². The van der Waals surface area contributed by atoms with Crippen LogP contribution in [0.15, 0.2) is 10.3 Å². The summed E-state index contributed by atoms with van der Waals surface area (Å²) in [6, 6.07) is 0. The highest BCUT2D eigenvalue weighted by Crippen LogP contribution is 2.19. The van der Waals surface area contributed by atoms with Crippen LogP contribution < -0.4 is 0 Å². The fraction of sp³-hybridized carbons (Fsp3) is 0.333. The van der Waals surface area contributed by atoms with Gasteiger partial charge in [0.25, 0.3) is 0 Å². The molecular weight excluding hydrogens is 200 g/mol. The molecule has 0 saturated carbocycles. The maximum atomic E-state index is 11.0. The summed E-state index contributed by atoms with van der Waals surface area (Å²) in [6.07, 6.45) is 0. The minimum absolute atomic E-state index is 0.301. The van der Waals surface area contributed by atoms with Crippen molar-refractivity contribution in [1.29, 1.82) is 0 Å². The van der Waals surface area contributed by atoms with E-state index in [0.717, 1.165) is 0 Å². The smallest absolute Gasteiger partial charge is 0.201 e. The predicted octanol–water partition coefficient (Wildman–Crippen LogP) is -0.348. The van der Waals surface area contributed by atoms with Gasteiger partial charge in [0.1, 0.15) is 4.91 Å². The van der Waals surface area contributed by atoms with Crippen molar-refractivity contribution < 1.29 is 16.8 Å². The molecule has 0 N–H and O–H groups in total. The van der Waals surface area contributed by atoms with Crippen molar-refractivity contribution in [2.45, 2.75) is 6.92 Å². The van der Waals surface area contributed by atoms with Crippen molar-refractivity contribution in [1.82, 2.24) is 0 Å². The van der Waals surface area contributed by atoms with Crippen LogP contribution in [-0.4, -0.2) is 21.9 Å². The summed E-state index contributed by atoms with van der Waals surface area (Å²) in [5.41, 5.74) is 0. The SMILES string of the molecule is CC#CC1=CS(=O)(=O)CS1(=O)=O. The van der Waals surface area contributed by atoms with Crippen molar-refractivity contribution >= 4 is 19.7 Å². The zero-order valence-corrected chi connectivity index (χ0v) is 7.87. The lowest BCUT2D eigenvalue weighted by Gasteiger charge is -1.88. The minimum atomic E-state index is -3.66. The molecule has 4 nitrogen and oxygen atoms in total. The highest BCUT2D eigenvalue weighted by molar-refractivity contribution is 8.14. The molecule has 0 unspecified atom stereocenters. The van der Waals surface area contributed by atoms with Crippen LogP contribution in [0, 0.1) is 11.8 Å². The zero-order chi connectivity index (χ0) is 9.41. The molecule has 0 radical (unpaired) electrons. The number of allylic oxidation sites excluding steroid dienone is 1. The number of hydrogen-bond donors (Lipinski definition) is 0. The maximum Gasteiger partial charge on any atom is 0.201 e. The van der Waals surface area contributed by atoms with E-state index in [4.69, 9.17) is 0 Å². The third kappa shape index (κ3) is 1.68. The summed E-state index contributed by atoms with van der Waals surface area (Å²) < 4.78 is 43.7. The molecule has 0 bridgehead atoms. The van der Waals surface area contributed by atoms with Gasteiger partial charge < -0.3 is 0 Å². The molecule has 1 rings (SSSR count). The van der Waals surface area contributed by atoms with E-state index in [1.54, 1.807) is 0 Å². The summed E-state index contributed by atoms with van der Waals surface area (Å²) in [6.45, 7) is 1.45. The second-order valence-electron chi connectivity index (χ2n) is 2.25. The normalized spacial score (nSPS) is 23.9. The summed E-state index contributed by atoms with van der Waals surface area (Å²) in [5.74, 6) is 4.58. The first-order chi connectivity index (χ1) is 5.37. The molecule has 0 aromatic carbocycles. The van der Waals surface area contributed by atoms with Gasteiger partial charge in [-0.15, -0.1) is 5.92 Å². The van der Waals surface area contributed by atoms with Crippen molar-refractivity contribution in [3.8, 4) is 11.8 Å². The van der Waals surface area contributed by atoms with E-state index in [1.165, 1.54) is 6.92 Å². The van der Waals surface area contributed by atoms with Crippen LogP contribution in [0.1, 0.15) is 6.92 Å². The van der Waals surface area contributed by atoms with Crippen LogP contribution in [0.5, 0.6) is 0 Å². The van der Waals surface area contributed by atoms with Crippen molar-refractivity contribution in [2.75, 3.05) is 5.08 Å². The van der Waals surface area contributed by atoms with Gasteiger partial charge in [-0.2, -0.15) is 0 Å². The Labute approximate surface area is 71.1 Å². The molecule has 0 fully saturated rings. The topological polar surface area (TPSA) is 68.3 Å². The average molecular weight is 206 g/mol. The Morgan fingerprint density at radius 3 is 2.25 bits per heavy atom. The fourth-order valence-electron chi connectivity index (χ4n) is 0.781. The van der Waals surface area contributed by atoms with Gasteiger partial charge in [-0.05, 0) is 6.92 Å². The number of rotatable bonds is 0. The maximum absolute atomic E-state index is 11.0. The molecule has 0 atom stereocenters. The third-order valence-corrected chi connectivity index (χ3v) is 5.38. The highest BCUT2D eigenvalue weighted by Gasteiger charge is 2.32. The molecule has 66 valence electrons. The van der Waals surface area contributed by atoms with Crippen LogP contribution in [-0.2, 0) is 19.7 Å². The van der Waals surface area contributed by atoms with Crippen LogP contribution in [0.3, 0.4) is 0 Å². The second kappa shape index (κ2) is 2.61. The largest absolute Gasteiger partial charge is 0.223 e. The lowest BCUT2D eigenvalue weighted by molar-refractivity contribution is 0.600. The van der Waals surface area contributed by atoms with Crippen LogP contribution in [0.4, 0.5) is 0 Å². The highest BCUT2D eigenvalue weighted by atomic mass is 32.3. The fourth-order valence-corrected chi connectivity index (χ4v) is 4.96. The molecule has 0 aromatic rings. The van der Waals surface area contributed by atoms with Crippen LogP contribution >= 0.6 is 0 Å². The van der Waals surface area contributed by atoms with E-state index in [9.17, 15) is 16.8 Å². The van der Waals surface area contributed by atoms with Gasteiger partial charge in [0.15, 0.2) is 14.9 Å². The molecule has 0 aliphatic carbocycles. The minimum Gasteiger partial charge on any atom is -0.223 e. The first kappa shape index (κ1) is 9.29. The Morgan fingerprint density at radius 1 is 1.33 bits per heavy atom. The number of sulfone groups is 2. The van der Waals surface area contributed by atoms with Gasteiger partial charge in [0.2, 0.25) is 9.84 Å². The van der Waals surface area contributed by atoms with E-state index in [-0.39, 0.29) is 4.91 Å². The molecule has 6 heteroatoms. The lowest BCUT2D eigenvalue weighted by Crippen LogP contribution is -2.06. The second-order valence-corrected chi connectivity index (χ2v) is 6.43. The van der Waals surface area contributed by atoms with E-state index in [2.05, 4.69) is 11.8 Å². The molecule has 0 amide bonds. The number of hydrogen-bond acceptors (Lipinski definition) is 4. The molecule has 0 aromatic heterocycles. The van der Waals surface area contributed by atoms with Gasteiger partial charge >= 0.3 is 0 Å². The Balaban J connectivity index is 3.39. The van der Waals surface area contributed by atoms with E-state index in [1.807, 2.05) is 0 Å². The molecule has 12 heavy (non-hydrogen) atoms. The van der Waals surface area contributed by atoms with Crippen LogP contribution in [0.2, 0.25) is 0 Å². The van der Waals surface area contributed by atoms with Gasteiger partial charge in [-0.25, -0.2) is 16.8 Å². The van der Waals surface area contributed by atoms with Crippen molar-refractivity contribution in [3.05, 3.63) is 10.3 Å². The molecule has 0 spiro atoms. The van der Waals surface area contributed by atoms with Crippen LogP contribution in [0.25, 0.3) is 0 Å². The van der Waals surface area contributed by atoms with Gasteiger partial charge in [-0.1, -0.05) is 5.92 Å². The first-order valence-corrected chi connectivity index (χ1v) is 6.34. The standard InChI is InChI=1S/C6H6O4S2/c1-2-3-6-4-11(7,8)5-12(6,9)10/h4H,5H2,1H3. The summed E-state index contributed by atoms with van der Waals surface area (Å²) in [4.78, 5) is -0.301. The third-order valence-electron chi connectivity index (χ3n) is 1.19. The Hall–Kier alpha value is -0.800. The summed E-state index contributed by atoms with van der Waals surface area (Å²) in [5, 5.41) is -0.136. The summed E-state index contributed by atoms with van der Waals surface area (Å²) in [7, 11) is -7.24. The molecule has 1 heterocycles. The average Bonchev–Trinajstić information content (AvgIpc) is 2.01. The Kier molecular flexibility index (Phi) is 2.02. The van der Waals surface area contributed by atoms with Gasteiger partial charge in [0.05, 0.1) is 5.41 Å². The molecular formula is C6H6O4S2. The van der Waals surface area contributed by atoms with E-state index < -0.39 is 24.8 Å². The van der Waals surface area contributed by atoms with Crippen molar-refractivity contribution in [2.24, 2.45) is 0 Å². The molecule has 1 aliphatic heterocycles. The quantitative estimate of drug-likeness (QED) is 0.508. The van der Waals surface area contributed by atoms with Crippen molar-refractivity contribution in [3.63, 3.8) is 0 Å². The monoisotopic (exact) mass is 206 g/mol. The molecule has 1 aliphatic rings. The first-order valence-electron chi connectivity index (χ1n) is 2.97. The lowest BCUT2D eigenvalue weighted by atomic mass is 10.6. The van der Waals surface area contributed by atoms with Gasteiger partial charge in [0, 0.05) is 0 Å². The van der Waals surface area contributed by atoms with E-state index in [0.29, 0.717) is 5.41 Å². The molecule has 0 saturated heterocycles.